The van der Waals surface area contributed by atoms with Crippen LogP contribution in [0.3, 0.4) is 0 Å². The first kappa shape index (κ1) is 16.0. The minimum absolute atomic E-state index is 0.0145. The Morgan fingerprint density at radius 1 is 1.26 bits per heavy atom. The Bertz CT molecular complexity index is 623. The molecule has 0 saturated heterocycles. The van der Waals surface area contributed by atoms with E-state index in [0.29, 0.717) is 5.69 Å². The zero-order chi connectivity index (χ0) is 14.7. The monoisotopic (exact) mass is 307 g/mol. The van der Waals surface area contributed by atoms with E-state index < -0.39 is 19.9 Å². The van der Waals surface area contributed by atoms with E-state index in [1.165, 1.54) is 25.4 Å². The SMILES string of the molecule is CN(CCS(C)(=O)=O)S(=O)(=O)c1ccc(CN)nc1. The molecule has 1 aromatic rings. The molecule has 108 valence electrons. The highest BCUT2D eigenvalue weighted by Crippen LogP contribution is 2.13. The van der Waals surface area contributed by atoms with Gasteiger partial charge in [0.2, 0.25) is 10.0 Å². The van der Waals surface area contributed by atoms with Crippen LogP contribution >= 0.6 is 0 Å². The molecule has 0 spiro atoms. The Hall–Kier alpha value is -1.03. The molecule has 0 unspecified atom stereocenters. The maximum Gasteiger partial charge on any atom is 0.244 e. The van der Waals surface area contributed by atoms with Crippen molar-refractivity contribution in [3.05, 3.63) is 24.0 Å². The van der Waals surface area contributed by atoms with Crippen molar-refractivity contribution in [3.63, 3.8) is 0 Å². The number of nitrogens with zero attached hydrogens (tertiary/aromatic N) is 2. The molecule has 0 aliphatic heterocycles. The van der Waals surface area contributed by atoms with Gasteiger partial charge in [-0.15, -0.1) is 0 Å². The maximum absolute atomic E-state index is 12.1. The van der Waals surface area contributed by atoms with Crippen LogP contribution in [0.25, 0.3) is 0 Å². The Balaban J connectivity index is 2.90. The molecular formula is C10H17N3O4S2. The molecule has 1 aromatic heterocycles. The van der Waals surface area contributed by atoms with E-state index in [0.717, 1.165) is 10.6 Å². The molecule has 0 aromatic carbocycles. The fourth-order valence-corrected chi connectivity index (χ4v) is 3.12. The smallest absolute Gasteiger partial charge is 0.244 e. The molecule has 0 aliphatic carbocycles. The fraction of sp³-hybridized carbons (Fsp3) is 0.500. The number of pyridine rings is 1. The number of hydrogen-bond donors (Lipinski definition) is 1. The third-order valence-corrected chi connectivity index (χ3v) is 5.26. The molecule has 0 bridgehead atoms. The van der Waals surface area contributed by atoms with Gasteiger partial charge in [-0.2, -0.15) is 4.31 Å². The van der Waals surface area contributed by atoms with E-state index in [1.807, 2.05) is 0 Å². The predicted octanol–water partition coefficient (Wildman–Crippen LogP) is -0.795. The summed E-state index contributed by atoms with van der Waals surface area (Å²) in [6, 6.07) is 2.93. The summed E-state index contributed by atoms with van der Waals surface area (Å²) >= 11 is 0. The molecule has 0 radical (unpaired) electrons. The van der Waals surface area contributed by atoms with Gasteiger partial charge in [0.25, 0.3) is 0 Å². The zero-order valence-electron chi connectivity index (χ0n) is 10.8. The lowest BCUT2D eigenvalue weighted by atomic mass is 10.4. The van der Waals surface area contributed by atoms with Crippen molar-refractivity contribution in [2.45, 2.75) is 11.4 Å². The third kappa shape index (κ3) is 4.53. The first-order chi connectivity index (χ1) is 8.66. The summed E-state index contributed by atoms with van der Waals surface area (Å²) in [5.74, 6) is -0.225. The molecule has 0 atom stereocenters. The van der Waals surface area contributed by atoms with Crippen LogP contribution in [0.2, 0.25) is 0 Å². The third-order valence-electron chi connectivity index (χ3n) is 2.49. The van der Waals surface area contributed by atoms with Crippen molar-refractivity contribution in [2.24, 2.45) is 5.73 Å². The summed E-state index contributed by atoms with van der Waals surface area (Å²) in [4.78, 5) is 3.92. The summed E-state index contributed by atoms with van der Waals surface area (Å²) in [5.41, 5.74) is 5.96. The topological polar surface area (TPSA) is 110 Å². The minimum Gasteiger partial charge on any atom is -0.325 e. The van der Waals surface area contributed by atoms with Gasteiger partial charge in [0.1, 0.15) is 14.7 Å². The largest absolute Gasteiger partial charge is 0.325 e. The average molecular weight is 307 g/mol. The standard InChI is InChI=1S/C10H17N3O4S2/c1-13(5-6-18(2,14)15)19(16,17)10-4-3-9(7-11)12-8-10/h3-4,8H,5-7,11H2,1-2H3. The second-order valence-corrected chi connectivity index (χ2v) is 8.45. The van der Waals surface area contributed by atoms with Gasteiger partial charge in [-0.25, -0.2) is 16.8 Å². The minimum atomic E-state index is -3.72. The lowest BCUT2D eigenvalue weighted by molar-refractivity contribution is 0.484. The van der Waals surface area contributed by atoms with Gasteiger partial charge >= 0.3 is 0 Å². The summed E-state index contributed by atoms with van der Waals surface area (Å²) < 4.78 is 47.3. The highest BCUT2D eigenvalue weighted by Gasteiger charge is 2.22. The number of rotatable bonds is 6. The van der Waals surface area contributed by atoms with E-state index in [9.17, 15) is 16.8 Å². The Morgan fingerprint density at radius 2 is 1.89 bits per heavy atom. The van der Waals surface area contributed by atoms with Crippen LogP contribution in [0.1, 0.15) is 5.69 Å². The number of sulfonamides is 1. The normalized spacial score (nSPS) is 12.8. The molecule has 2 N–H and O–H groups in total. The van der Waals surface area contributed by atoms with Crippen LogP contribution in [0.15, 0.2) is 23.2 Å². The van der Waals surface area contributed by atoms with Gasteiger partial charge in [0.05, 0.1) is 11.4 Å². The fourth-order valence-electron chi connectivity index (χ4n) is 1.28. The van der Waals surface area contributed by atoms with Crippen LogP contribution in [-0.4, -0.2) is 51.7 Å². The van der Waals surface area contributed by atoms with E-state index in [1.54, 1.807) is 0 Å². The quantitative estimate of drug-likeness (QED) is 0.737. The van der Waals surface area contributed by atoms with E-state index in [4.69, 9.17) is 5.73 Å². The van der Waals surface area contributed by atoms with Crippen LogP contribution in [0.5, 0.6) is 0 Å². The molecule has 7 nitrogen and oxygen atoms in total. The number of hydrogen-bond acceptors (Lipinski definition) is 6. The first-order valence-corrected chi connectivity index (χ1v) is 8.96. The van der Waals surface area contributed by atoms with Crippen LogP contribution < -0.4 is 5.73 Å². The highest BCUT2D eigenvalue weighted by atomic mass is 32.2. The van der Waals surface area contributed by atoms with Gasteiger partial charge in [-0.3, -0.25) is 4.98 Å². The maximum atomic E-state index is 12.1. The lowest BCUT2D eigenvalue weighted by Gasteiger charge is -2.16. The molecule has 0 amide bonds. The van der Waals surface area contributed by atoms with Gasteiger partial charge in [-0.1, -0.05) is 0 Å². The molecule has 0 aliphatic rings. The van der Waals surface area contributed by atoms with Crippen molar-refractivity contribution in [3.8, 4) is 0 Å². The molecule has 9 heteroatoms. The highest BCUT2D eigenvalue weighted by molar-refractivity contribution is 7.91. The van der Waals surface area contributed by atoms with Gasteiger partial charge in [0.15, 0.2) is 0 Å². The van der Waals surface area contributed by atoms with Crippen molar-refractivity contribution in [1.82, 2.24) is 9.29 Å². The summed E-state index contributed by atoms with van der Waals surface area (Å²) in [7, 11) is -5.60. The Kier molecular flexibility index (Phi) is 5.02. The van der Waals surface area contributed by atoms with Crippen LogP contribution in [-0.2, 0) is 26.4 Å². The lowest BCUT2D eigenvalue weighted by Crippen LogP contribution is -2.31. The molecule has 0 fully saturated rings. The molecule has 19 heavy (non-hydrogen) atoms. The van der Waals surface area contributed by atoms with Crippen LogP contribution in [0, 0.1) is 0 Å². The van der Waals surface area contributed by atoms with Crippen molar-refractivity contribution in [2.75, 3.05) is 25.6 Å². The van der Waals surface area contributed by atoms with E-state index in [2.05, 4.69) is 4.98 Å². The Morgan fingerprint density at radius 3 is 2.32 bits per heavy atom. The number of sulfone groups is 1. The summed E-state index contributed by atoms with van der Waals surface area (Å²) in [6.07, 6.45) is 2.28. The van der Waals surface area contributed by atoms with E-state index in [-0.39, 0.29) is 23.7 Å². The second kappa shape index (κ2) is 5.95. The van der Waals surface area contributed by atoms with Gasteiger partial charge in [-0.05, 0) is 12.1 Å². The van der Waals surface area contributed by atoms with Crippen LogP contribution in [0.4, 0.5) is 0 Å². The predicted molar refractivity (Wildman–Crippen MR) is 71.7 cm³/mol. The van der Waals surface area contributed by atoms with Crippen molar-refractivity contribution >= 4 is 19.9 Å². The van der Waals surface area contributed by atoms with Gasteiger partial charge < -0.3 is 5.73 Å². The zero-order valence-corrected chi connectivity index (χ0v) is 12.4. The number of nitrogens with two attached hydrogens (primary N) is 1. The van der Waals surface area contributed by atoms with Crippen molar-refractivity contribution < 1.29 is 16.8 Å². The number of aromatic nitrogens is 1. The average Bonchev–Trinajstić information content (AvgIpc) is 2.35. The summed E-state index contributed by atoms with van der Waals surface area (Å²) in [6.45, 7) is 0.129. The van der Waals surface area contributed by atoms with Gasteiger partial charge in [0, 0.05) is 32.6 Å². The Labute approximate surface area is 113 Å². The molecule has 1 rings (SSSR count). The molecule has 0 saturated carbocycles. The van der Waals surface area contributed by atoms with Crippen molar-refractivity contribution in [1.29, 1.82) is 0 Å². The first-order valence-electron chi connectivity index (χ1n) is 5.46. The second-order valence-electron chi connectivity index (χ2n) is 4.15. The molecular weight excluding hydrogens is 290 g/mol. The van der Waals surface area contributed by atoms with E-state index >= 15 is 0 Å². The summed E-state index contributed by atoms with van der Waals surface area (Å²) in [5, 5.41) is 0. The molecule has 1 heterocycles.